The van der Waals surface area contributed by atoms with Crippen LogP contribution in [-0.2, 0) is 16.2 Å². The quantitative estimate of drug-likeness (QED) is 0.682. The number of sulfonamides is 1. The summed E-state index contributed by atoms with van der Waals surface area (Å²) in [7, 11) is -4.08. The van der Waals surface area contributed by atoms with Crippen molar-refractivity contribution in [1.82, 2.24) is 4.98 Å². The SMILES string of the molecule is C[C@@]12CCCC[C@H]1CN(c1ccc(C(F)(F)F)cc1NS(=O)(=O)c1cccnc1)CC2. The second-order valence-electron chi connectivity index (χ2n) is 8.82. The highest BCUT2D eigenvalue weighted by molar-refractivity contribution is 7.92. The summed E-state index contributed by atoms with van der Waals surface area (Å²) in [5.74, 6) is 0.445. The lowest BCUT2D eigenvalue weighted by Crippen LogP contribution is -2.47. The summed E-state index contributed by atoms with van der Waals surface area (Å²) in [5, 5.41) is 0. The molecule has 2 aromatic rings. The van der Waals surface area contributed by atoms with Crippen molar-refractivity contribution in [2.75, 3.05) is 22.7 Å². The lowest BCUT2D eigenvalue weighted by Gasteiger charge is -2.49. The number of benzene rings is 1. The first kappa shape index (κ1) is 21.9. The average molecular weight is 454 g/mol. The van der Waals surface area contributed by atoms with Crippen LogP contribution in [0.15, 0.2) is 47.6 Å². The van der Waals surface area contributed by atoms with Gasteiger partial charge in [-0.25, -0.2) is 8.42 Å². The molecule has 0 amide bonds. The van der Waals surface area contributed by atoms with Gasteiger partial charge in [0.15, 0.2) is 0 Å². The van der Waals surface area contributed by atoms with E-state index < -0.39 is 21.8 Å². The minimum Gasteiger partial charge on any atom is -0.370 e. The molecule has 1 saturated heterocycles. The zero-order chi connectivity index (χ0) is 22.3. The van der Waals surface area contributed by atoms with E-state index in [0.717, 1.165) is 31.4 Å². The Balaban J connectivity index is 1.69. The molecule has 4 rings (SSSR count). The first-order valence-corrected chi connectivity index (χ1v) is 12.0. The minimum atomic E-state index is -4.57. The molecule has 0 spiro atoms. The molecule has 0 unspecified atom stereocenters. The van der Waals surface area contributed by atoms with Gasteiger partial charge in [-0.2, -0.15) is 13.2 Å². The molecule has 1 aliphatic heterocycles. The summed E-state index contributed by atoms with van der Waals surface area (Å²) in [6.07, 6.45) is 3.59. The van der Waals surface area contributed by atoms with Crippen molar-refractivity contribution < 1.29 is 21.6 Å². The summed E-state index contributed by atoms with van der Waals surface area (Å²) >= 11 is 0. The molecule has 168 valence electrons. The van der Waals surface area contributed by atoms with E-state index >= 15 is 0 Å². The Morgan fingerprint density at radius 1 is 1.19 bits per heavy atom. The smallest absolute Gasteiger partial charge is 0.370 e. The maximum atomic E-state index is 13.4. The number of pyridine rings is 1. The predicted octanol–water partition coefficient (Wildman–Crippen LogP) is 5.31. The Kier molecular flexibility index (Phi) is 5.66. The second kappa shape index (κ2) is 8.00. The number of alkyl halides is 3. The number of aromatic nitrogens is 1. The molecule has 1 N–H and O–H groups in total. The summed E-state index contributed by atoms with van der Waals surface area (Å²) in [4.78, 5) is 5.73. The molecule has 9 heteroatoms. The molecular formula is C22H26F3N3O2S. The van der Waals surface area contributed by atoms with Gasteiger partial charge in [-0.15, -0.1) is 0 Å². The van der Waals surface area contributed by atoms with Gasteiger partial charge in [-0.1, -0.05) is 19.8 Å². The molecule has 2 aliphatic rings. The maximum Gasteiger partial charge on any atom is 0.416 e. The van der Waals surface area contributed by atoms with E-state index in [1.807, 2.05) is 4.90 Å². The van der Waals surface area contributed by atoms with E-state index in [0.29, 0.717) is 24.7 Å². The van der Waals surface area contributed by atoms with E-state index in [1.165, 1.54) is 43.4 Å². The van der Waals surface area contributed by atoms with Crippen LogP contribution in [0.4, 0.5) is 24.5 Å². The van der Waals surface area contributed by atoms with Crippen LogP contribution in [0.25, 0.3) is 0 Å². The number of hydrogen-bond acceptors (Lipinski definition) is 4. The highest BCUT2D eigenvalue weighted by Gasteiger charge is 2.41. The fourth-order valence-corrected chi connectivity index (χ4v) is 5.89. The molecule has 2 fully saturated rings. The van der Waals surface area contributed by atoms with Gasteiger partial charge in [0, 0.05) is 25.5 Å². The van der Waals surface area contributed by atoms with Crippen LogP contribution in [0.1, 0.15) is 44.6 Å². The molecule has 2 heterocycles. The van der Waals surface area contributed by atoms with E-state index in [4.69, 9.17) is 0 Å². The van der Waals surface area contributed by atoms with Crippen molar-refractivity contribution in [2.45, 2.75) is 50.1 Å². The monoisotopic (exact) mass is 453 g/mol. The minimum absolute atomic E-state index is 0.0573. The maximum absolute atomic E-state index is 13.4. The topological polar surface area (TPSA) is 62.3 Å². The summed E-state index contributed by atoms with van der Waals surface area (Å²) in [6.45, 7) is 3.69. The summed E-state index contributed by atoms with van der Waals surface area (Å²) < 4.78 is 68.1. The molecule has 0 radical (unpaired) electrons. The van der Waals surface area contributed by atoms with Crippen molar-refractivity contribution in [3.63, 3.8) is 0 Å². The highest BCUT2D eigenvalue weighted by atomic mass is 32.2. The number of halogens is 3. The van der Waals surface area contributed by atoms with Crippen LogP contribution in [0.5, 0.6) is 0 Å². The normalized spacial score (nSPS) is 24.5. The van der Waals surface area contributed by atoms with Gasteiger partial charge >= 0.3 is 6.18 Å². The summed E-state index contributed by atoms with van der Waals surface area (Å²) in [6, 6.07) is 6.12. The van der Waals surface area contributed by atoms with Gasteiger partial charge in [0.05, 0.1) is 16.9 Å². The molecule has 1 saturated carbocycles. The van der Waals surface area contributed by atoms with Gasteiger partial charge < -0.3 is 4.90 Å². The fraction of sp³-hybridized carbons (Fsp3) is 0.500. The lowest BCUT2D eigenvalue weighted by molar-refractivity contribution is -0.137. The molecule has 1 aromatic carbocycles. The molecule has 2 atom stereocenters. The Bertz CT molecular complexity index is 1040. The van der Waals surface area contributed by atoms with Gasteiger partial charge in [0.25, 0.3) is 10.0 Å². The van der Waals surface area contributed by atoms with Crippen LogP contribution in [0.3, 0.4) is 0 Å². The second-order valence-corrected chi connectivity index (χ2v) is 10.5. The van der Waals surface area contributed by atoms with Crippen LogP contribution in [0, 0.1) is 11.3 Å². The number of anilines is 2. The Labute approximate surface area is 180 Å². The number of rotatable bonds is 4. The fourth-order valence-electron chi connectivity index (χ4n) is 4.86. The van der Waals surface area contributed by atoms with Gasteiger partial charge in [0.1, 0.15) is 4.90 Å². The van der Waals surface area contributed by atoms with Crippen molar-refractivity contribution in [3.05, 3.63) is 48.3 Å². The third kappa shape index (κ3) is 4.51. The summed E-state index contributed by atoms with van der Waals surface area (Å²) in [5.41, 5.74) is -0.221. The number of nitrogens with one attached hydrogen (secondary N) is 1. The third-order valence-electron chi connectivity index (χ3n) is 6.78. The van der Waals surface area contributed by atoms with Gasteiger partial charge in [-0.05, 0) is 60.9 Å². The van der Waals surface area contributed by atoms with Crippen molar-refractivity contribution in [1.29, 1.82) is 0 Å². The van der Waals surface area contributed by atoms with E-state index in [2.05, 4.69) is 16.6 Å². The number of fused-ring (bicyclic) bond motifs is 1. The number of piperidine rings is 1. The third-order valence-corrected chi connectivity index (χ3v) is 8.13. The van der Waals surface area contributed by atoms with Crippen molar-refractivity contribution in [3.8, 4) is 0 Å². The highest BCUT2D eigenvalue weighted by Crippen LogP contribution is 2.48. The van der Waals surface area contributed by atoms with Crippen molar-refractivity contribution >= 4 is 21.4 Å². The van der Waals surface area contributed by atoms with Crippen LogP contribution in [0.2, 0.25) is 0 Å². The molecule has 1 aromatic heterocycles. The number of nitrogens with zero attached hydrogens (tertiary/aromatic N) is 2. The van der Waals surface area contributed by atoms with Gasteiger partial charge in [-0.3, -0.25) is 9.71 Å². The molecule has 0 bridgehead atoms. The lowest BCUT2D eigenvalue weighted by atomic mass is 9.64. The van der Waals surface area contributed by atoms with Crippen LogP contribution >= 0.6 is 0 Å². The zero-order valence-corrected chi connectivity index (χ0v) is 18.1. The van der Waals surface area contributed by atoms with Gasteiger partial charge in [0.2, 0.25) is 0 Å². The first-order valence-electron chi connectivity index (χ1n) is 10.5. The molecule has 5 nitrogen and oxygen atoms in total. The average Bonchev–Trinajstić information content (AvgIpc) is 2.73. The standard InChI is InChI=1S/C22H26F3N3O2S/c1-21-9-3-2-5-17(21)15-28(12-10-21)20-8-7-16(22(23,24)25)13-19(20)27-31(29,30)18-6-4-11-26-14-18/h4,6-8,11,13-14,17,27H,2-3,5,9-10,12,15H2,1H3/t17-,21-/m0/s1. The first-order chi connectivity index (χ1) is 14.6. The zero-order valence-electron chi connectivity index (χ0n) is 17.3. The van der Waals surface area contributed by atoms with Crippen LogP contribution < -0.4 is 9.62 Å². The Morgan fingerprint density at radius 3 is 2.71 bits per heavy atom. The predicted molar refractivity (Wildman–Crippen MR) is 113 cm³/mol. The largest absolute Gasteiger partial charge is 0.416 e. The Morgan fingerprint density at radius 2 is 2.00 bits per heavy atom. The number of hydrogen-bond donors (Lipinski definition) is 1. The van der Waals surface area contributed by atoms with E-state index in [9.17, 15) is 21.6 Å². The molecule has 1 aliphatic carbocycles. The van der Waals surface area contributed by atoms with E-state index in [1.54, 1.807) is 0 Å². The molecule has 31 heavy (non-hydrogen) atoms. The Hall–Kier alpha value is -2.29. The molecular weight excluding hydrogens is 427 g/mol. The van der Waals surface area contributed by atoms with E-state index in [-0.39, 0.29) is 16.0 Å². The van der Waals surface area contributed by atoms with Crippen molar-refractivity contribution in [2.24, 2.45) is 11.3 Å². The van der Waals surface area contributed by atoms with Crippen LogP contribution in [-0.4, -0.2) is 26.5 Å².